The molecule has 0 atom stereocenters. The van der Waals surface area contributed by atoms with Crippen LogP contribution < -0.4 is 4.74 Å². The third-order valence-electron chi connectivity index (χ3n) is 1.86. The van der Waals surface area contributed by atoms with Gasteiger partial charge in [-0.2, -0.15) is 0 Å². The van der Waals surface area contributed by atoms with Crippen LogP contribution in [-0.2, 0) is 5.33 Å². The molecule has 0 spiro atoms. The topological polar surface area (TPSA) is 59.4 Å². The van der Waals surface area contributed by atoms with Crippen molar-refractivity contribution in [3.05, 3.63) is 23.0 Å². The van der Waals surface area contributed by atoms with Crippen LogP contribution in [0, 0.1) is 0 Å². The molecule has 1 aromatic rings. The fraction of sp³-hybridized carbons (Fsp3) is 0.333. The monoisotopic (exact) mass is 349 g/mol. The molecule has 0 aliphatic rings. The van der Waals surface area contributed by atoms with Gasteiger partial charge >= 0.3 is 12.3 Å². The molecule has 0 aromatic carbocycles. The van der Waals surface area contributed by atoms with E-state index in [1.807, 2.05) is 0 Å². The number of carboxylic acid groups (broad SMARTS) is 1. The lowest BCUT2D eigenvalue weighted by Crippen LogP contribution is -2.20. The van der Waals surface area contributed by atoms with Crippen LogP contribution in [0.1, 0.15) is 28.2 Å². The van der Waals surface area contributed by atoms with Crippen molar-refractivity contribution in [1.29, 1.82) is 0 Å². The van der Waals surface area contributed by atoms with Gasteiger partial charge in [0.05, 0.1) is 11.3 Å². The van der Waals surface area contributed by atoms with E-state index in [4.69, 9.17) is 5.11 Å². The van der Waals surface area contributed by atoms with Crippen LogP contribution >= 0.6 is 15.9 Å². The number of rotatable bonds is 4. The van der Waals surface area contributed by atoms with Crippen molar-refractivity contribution in [2.75, 3.05) is 0 Å². The van der Waals surface area contributed by atoms with Gasteiger partial charge in [0.25, 0.3) is 6.43 Å². The van der Waals surface area contributed by atoms with Gasteiger partial charge in [0, 0.05) is 11.4 Å². The lowest BCUT2D eigenvalue weighted by molar-refractivity contribution is -0.275. The molecule has 0 bridgehead atoms. The first kappa shape index (κ1) is 15.6. The highest BCUT2D eigenvalue weighted by molar-refractivity contribution is 9.08. The Hall–Kier alpha value is -1.45. The molecule has 1 N–H and O–H groups in total. The van der Waals surface area contributed by atoms with Gasteiger partial charge in [0.2, 0.25) is 0 Å². The van der Waals surface area contributed by atoms with Crippen LogP contribution in [0.3, 0.4) is 0 Å². The summed E-state index contributed by atoms with van der Waals surface area (Å²) in [6.07, 6.45) is -8.69. The SMILES string of the molecule is O=C(O)c1nc(CBr)cc(OC(F)(F)F)c1C(F)F. The fourth-order valence-corrected chi connectivity index (χ4v) is 1.52. The second-order valence-corrected chi connectivity index (χ2v) is 3.72. The van der Waals surface area contributed by atoms with Gasteiger partial charge in [0.15, 0.2) is 5.69 Å². The third-order valence-corrected chi connectivity index (χ3v) is 2.43. The Labute approximate surface area is 111 Å². The van der Waals surface area contributed by atoms with E-state index in [1.54, 1.807) is 0 Å². The number of hydrogen-bond acceptors (Lipinski definition) is 3. The first-order valence-electron chi connectivity index (χ1n) is 4.52. The maximum Gasteiger partial charge on any atom is 0.573 e. The molecule has 1 heterocycles. The Kier molecular flexibility index (Phi) is 4.66. The zero-order chi connectivity index (χ0) is 14.8. The maximum atomic E-state index is 12.7. The number of ether oxygens (including phenoxy) is 1. The number of aromatic nitrogens is 1. The molecule has 0 unspecified atom stereocenters. The molecular formula is C9H5BrF5NO3. The van der Waals surface area contributed by atoms with Crippen LogP contribution in [0.25, 0.3) is 0 Å². The van der Waals surface area contributed by atoms with E-state index in [-0.39, 0.29) is 11.0 Å². The van der Waals surface area contributed by atoms with E-state index in [2.05, 4.69) is 25.7 Å². The van der Waals surface area contributed by atoms with E-state index in [9.17, 15) is 26.7 Å². The van der Waals surface area contributed by atoms with Crippen molar-refractivity contribution < 1.29 is 36.6 Å². The van der Waals surface area contributed by atoms with Crippen molar-refractivity contribution in [1.82, 2.24) is 4.98 Å². The van der Waals surface area contributed by atoms with Gasteiger partial charge in [-0.05, 0) is 0 Å². The Balaban J connectivity index is 3.48. The minimum atomic E-state index is -5.22. The average molecular weight is 350 g/mol. The zero-order valence-electron chi connectivity index (χ0n) is 8.84. The molecule has 19 heavy (non-hydrogen) atoms. The van der Waals surface area contributed by atoms with E-state index in [0.717, 1.165) is 0 Å². The Morgan fingerprint density at radius 2 is 2.05 bits per heavy atom. The van der Waals surface area contributed by atoms with Crippen molar-refractivity contribution in [2.24, 2.45) is 0 Å². The zero-order valence-corrected chi connectivity index (χ0v) is 10.4. The molecule has 10 heteroatoms. The summed E-state index contributed by atoms with van der Waals surface area (Å²) in [6, 6.07) is 0.607. The van der Waals surface area contributed by atoms with Crippen molar-refractivity contribution in [3.63, 3.8) is 0 Å². The highest BCUT2D eigenvalue weighted by Gasteiger charge is 2.35. The Morgan fingerprint density at radius 3 is 2.42 bits per heavy atom. The standard InChI is InChI=1S/C9H5BrF5NO3/c10-2-3-1-4(19-9(13,14)15)5(7(11)12)6(16-3)8(17)18/h1,7H,2H2,(H,17,18). The molecular weight excluding hydrogens is 345 g/mol. The lowest BCUT2D eigenvalue weighted by atomic mass is 10.1. The highest BCUT2D eigenvalue weighted by atomic mass is 79.9. The predicted molar refractivity (Wildman–Crippen MR) is 55.5 cm³/mol. The molecule has 0 aliphatic heterocycles. The highest BCUT2D eigenvalue weighted by Crippen LogP contribution is 2.35. The Morgan fingerprint density at radius 1 is 1.47 bits per heavy atom. The van der Waals surface area contributed by atoms with Gasteiger partial charge in [-0.3, -0.25) is 0 Å². The summed E-state index contributed by atoms with van der Waals surface area (Å²) < 4.78 is 65.1. The van der Waals surface area contributed by atoms with Gasteiger partial charge < -0.3 is 9.84 Å². The molecule has 1 rings (SSSR count). The number of nitrogens with zero attached hydrogens (tertiary/aromatic N) is 1. The number of aromatic carboxylic acids is 1. The summed E-state index contributed by atoms with van der Waals surface area (Å²) in [5.41, 5.74) is -2.76. The van der Waals surface area contributed by atoms with Crippen molar-refractivity contribution >= 4 is 21.9 Å². The van der Waals surface area contributed by atoms with Crippen LogP contribution in [0.2, 0.25) is 0 Å². The van der Waals surface area contributed by atoms with Gasteiger partial charge in [0.1, 0.15) is 5.75 Å². The second-order valence-electron chi connectivity index (χ2n) is 3.16. The summed E-state index contributed by atoms with van der Waals surface area (Å²) in [5.74, 6) is -3.14. The number of hydrogen-bond donors (Lipinski definition) is 1. The number of alkyl halides is 6. The number of carbonyl (C=O) groups is 1. The summed E-state index contributed by atoms with van der Waals surface area (Å²) in [4.78, 5) is 14.1. The normalized spacial score (nSPS) is 11.7. The Bertz CT molecular complexity index is 491. The first-order chi connectivity index (χ1) is 8.65. The first-order valence-corrected chi connectivity index (χ1v) is 5.64. The molecule has 106 valence electrons. The lowest BCUT2D eigenvalue weighted by Gasteiger charge is -2.15. The second kappa shape index (κ2) is 5.68. The van der Waals surface area contributed by atoms with E-state index < -0.39 is 35.8 Å². The number of carboxylic acids is 1. The molecule has 0 saturated carbocycles. The minimum Gasteiger partial charge on any atom is -0.476 e. The maximum absolute atomic E-state index is 12.7. The molecule has 0 amide bonds. The largest absolute Gasteiger partial charge is 0.573 e. The van der Waals surface area contributed by atoms with E-state index >= 15 is 0 Å². The molecule has 0 radical (unpaired) electrons. The summed E-state index contributed by atoms with van der Waals surface area (Å²) in [7, 11) is 0. The van der Waals surface area contributed by atoms with Crippen molar-refractivity contribution in [3.8, 4) is 5.75 Å². The van der Waals surface area contributed by atoms with Gasteiger partial charge in [-0.15, -0.1) is 13.2 Å². The molecule has 1 aromatic heterocycles. The van der Waals surface area contributed by atoms with Crippen molar-refractivity contribution in [2.45, 2.75) is 18.1 Å². The van der Waals surface area contributed by atoms with E-state index in [1.165, 1.54) is 0 Å². The van der Waals surface area contributed by atoms with Crippen LogP contribution in [0.5, 0.6) is 5.75 Å². The summed E-state index contributed by atoms with van der Waals surface area (Å²) >= 11 is 2.84. The van der Waals surface area contributed by atoms with Crippen LogP contribution in [0.15, 0.2) is 6.07 Å². The average Bonchev–Trinajstić information content (AvgIpc) is 2.24. The molecule has 0 fully saturated rings. The fourth-order valence-electron chi connectivity index (χ4n) is 1.23. The molecule has 0 saturated heterocycles. The summed E-state index contributed by atoms with van der Waals surface area (Å²) in [6.45, 7) is 0. The van der Waals surface area contributed by atoms with E-state index in [0.29, 0.717) is 6.07 Å². The van der Waals surface area contributed by atoms with Gasteiger partial charge in [-0.1, -0.05) is 15.9 Å². The van der Waals surface area contributed by atoms with Crippen LogP contribution in [-0.4, -0.2) is 22.4 Å². The van der Waals surface area contributed by atoms with Gasteiger partial charge in [-0.25, -0.2) is 18.6 Å². The quantitative estimate of drug-likeness (QED) is 0.667. The number of halogens is 6. The molecule has 4 nitrogen and oxygen atoms in total. The summed E-state index contributed by atoms with van der Waals surface area (Å²) in [5, 5.41) is 8.59. The molecule has 0 aliphatic carbocycles. The van der Waals surface area contributed by atoms with Crippen LogP contribution in [0.4, 0.5) is 22.0 Å². The smallest absolute Gasteiger partial charge is 0.476 e. The number of pyridine rings is 1. The predicted octanol–water partition coefficient (Wildman–Crippen LogP) is 3.51. The third kappa shape index (κ3) is 4.01. The minimum absolute atomic E-state index is 0.120.